The van der Waals surface area contributed by atoms with Crippen molar-refractivity contribution in [2.24, 2.45) is 10.9 Å². The Bertz CT molecular complexity index is 492. The van der Waals surface area contributed by atoms with Gasteiger partial charge in [-0.15, -0.1) is 24.0 Å². The zero-order valence-electron chi connectivity index (χ0n) is 19.2. The summed E-state index contributed by atoms with van der Waals surface area (Å²) in [7, 11) is 3.53. The third kappa shape index (κ3) is 11.7. The summed E-state index contributed by atoms with van der Waals surface area (Å²) in [6.07, 6.45) is 4.77. The predicted octanol–water partition coefficient (Wildman–Crippen LogP) is 1.07. The number of hydrogen-bond acceptors (Lipinski definition) is 5. The molecule has 2 rings (SSSR count). The Hall–Kier alpha value is -0.650. The van der Waals surface area contributed by atoms with E-state index in [1.54, 1.807) is 19.0 Å². The van der Waals surface area contributed by atoms with Gasteiger partial charge in [0, 0.05) is 40.3 Å². The van der Waals surface area contributed by atoms with Crippen molar-refractivity contribution in [1.82, 2.24) is 25.3 Å². The quantitative estimate of drug-likeness (QED) is 0.188. The van der Waals surface area contributed by atoms with Gasteiger partial charge in [-0.25, -0.2) is 4.99 Å². The van der Waals surface area contributed by atoms with Gasteiger partial charge in [0.1, 0.15) is 6.54 Å². The Morgan fingerprint density at radius 2 is 1.53 bits per heavy atom. The first kappa shape index (κ1) is 27.4. The van der Waals surface area contributed by atoms with Crippen LogP contribution >= 0.6 is 24.0 Å². The number of guanidine groups is 1. The number of morpholine rings is 1. The molecule has 2 heterocycles. The molecule has 2 fully saturated rings. The highest BCUT2D eigenvalue weighted by Crippen LogP contribution is 2.15. The highest BCUT2D eigenvalue weighted by molar-refractivity contribution is 14.0. The lowest BCUT2D eigenvalue weighted by molar-refractivity contribution is -0.127. The van der Waals surface area contributed by atoms with E-state index in [1.165, 1.54) is 25.9 Å². The highest BCUT2D eigenvalue weighted by atomic mass is 127. The molecule has 9 heteroatoms. The summed E-state index contributed by atoms with van der Waals surface area (Å²) in [5.74, 6) is 1.63. The fraction of sp³-hybridized carbons (Fsp3) is 0.905. The molecule has 0 unspecified atom stereocenters. The van der Waals surface area contributed by atoms with Gasteiger partial charge in [-0.2, -0.15) is 0 Å². The topological polar surface area (TPSA) is 72.4 Å². The summed E-state index contributed by atoms with van der Waals surface area (Å²) in [5.41, 5.74) is 0. The maximum absolute atomic E-state index is 11.9. The molecule has 0 aliphatic carbocycles. The molecule has 0 aromatic rings. The first-order valence-corrected chi connectivity index (χ1v) is 11.3. The normalized spacial score (nSPS) is 19.2. The fourth-order valence-electron chi connectivity index (χ4n) is 3.59. The van der Waals surface area contributed by atoms with E-state index in [9.17, 15) is 4.79 Å². The van der Waals surface area contributed by atoms with E-state index in [2.05, 4.69) is 32.3 Å². The van der Waals surface area contributed by atoms with Crippen LogP contribution in [0.15, 0.2) is 4.99 Å². The number of rotatable bonds is 10. The maximum Gasteiger partial charge on any atom is 0.243 e. The molecule has 0 aromatic carbocycles. The third-order valence-corrected chi connectivity index (χ3v) is 5.74. The molecular formula is C21H43IN6O2. The van der Waals surface area contributed by atoms with Crippen LogP contribution in [0.25, 0.3) is 0 Å². The first-order chi connectivity index (χ1) is 14.0. The van der Waals surface area contributed by atoms with Crippen LogP contribution in [0.5, 0.6) is 0 Å². The lowest BCUT2D eigenvalue weighted by Crippen LogP contribution is -2.42. The minimum absolute atomic E-state index is 0. The average molecular weight is 539 g/mol. The molecule has 0 bridgehead atoms. The Morgan fingerprint density at radius 3 is 2.07 bits per heavy atom. The van der Waals surface area contributed by atoms with Crippen LogP contribution in [0.4, 0.5) is 0 Å². The minimum atomic E-state index is 0. The monoisotopic (exact) mass is 538 g/mol. The van der Waals surface area contributed by atoms with Crippen LogP contribution in [-0.4, -0.2) is 113 Å². The summed E-state index contributed by atoms with van der Waals surface area (Å²) in [6, 6.07) is 0. The highest BCUT2D eigenvalue weighted by Gasteiger charge is 2.15. The number of carbonyl (C=O) groups excluding carboxylic acids is 1. The van der Waals surface area contributed by atoms with Crippen LogP contribution in [0.2, 0.25) is 0 Å². The van der Waals surface area contributed by atoms with Gasteiger partial charge in [0.15, 0.2) is 5.96 Å². The molecule has 0 atom stereocenters. The number of amides is 1. The molecule has 2 saturated heterocycles. The molecule has 2 aliphatic rings. The molecular weight excluding hydrogens is 495 g/mol. The van der Waals surface area contributed by atoms with E-state index >= 15 is 0 Å². The first-order valence-electron chi connectivity index (χ1n) is 11.3. The molecule has 2 aliphatic heterocycles. The standard InChI is InChI=1S/C21H42N6O2.HI/c1-19-6-12-26(13-7-19)10-4-8-22-21(24-18-20(28)25(2)3)23-9-5-11-27-14-16-29-17-15-27;/h19H,4-18H2,1-3H3,(H2,22,23,24);1H. The molecule has 2 N–H and O–H groups in total. The van der Waals surface area contributed by atoms with Crippen molar-refractivity contribution in [3.05, 3.63) is 0 Å². The van der Waals surface area contributed by atoms with Crippen LogP contribution in [0.3, 0.4) is 0 Å². The molecule has 0 radical (unpaired) electrons. The molecule has 1 amide bonds. The summed E-state index contributed by atoms with van der Waals surface area (Å²) in [5, 5.41) is 6.80. The smallest absolute Gasteiger partial charge is 0.243 e. The number of aliphatic imine (C=N–C) groups is 1. The largest absolute Gasteiger partial charge is 0.379 e. The molecule has 30 heavy (non-hydrogen) atoms. The van der Waals surface area contributed by atoms with Crippen molar-refractivity contribution >= 4 is 35.8 Å². The zero-order valence-corrected chi connectivity index (χ0v) is 21.5. The Balaban J connectivity index is 0.00000450. The summed E-state index contributed by atoms with van der Waals surface area (Å²) in [6.45, 7) is 12.6. The van der Waals surface area contributed by atoms with Gasteiger partial charge in [-0.05, 0) is 57.8 Å². The van der Waals surface area contributed by atoms with Crippen LogP contribution < -0.4 is 10.6 Å². The summed E-state index contributed by atoms with van der Waals surface area (Å²) in [4.78, 5) is 22.9. The van der Waals surface area contributed by atoms with Gasteiger partial charge in [0.05, 0.1) is 13.2 Å². The molecule has 0 aromatic heterocycles. The molecule has 0 spiro atoms. The van der Waals surface area contributed by atoms with Crippen molar-refractivity contribution in [2.75, 3.05) is 86.2 Å². The fourth-order valence-corrected chi connectivity index (χ4v) is 3.59. The van der Waals surface area contributed by atoms with Gasteiger partial charge in [-0.1, -0.05) is 6.92 Å². The third-order valence-electron chi connectivity index (χ3n) is 5.74. The predicted molar refractivity (Wildman–Crippen MR) is 134 cm³/mol. The van der Waals surface area contributed by atoms with Crippen molar-refractivity contribution < 1.29 is 9.53 Å². The van der Waals surface area contributed by atoms with Crippen molar-refractivity contribution in [3.8, 4) is 0 Å². The number of halogens is 1. The van der Waals surface area contributed by atoms with Crippen LogP contribution in [0, 0.1) is 5.92 Å². The van der Waals surface area contributed by atoms with Crippen molar-refractivity contribution in [3.63, 3.8) is 0 Å². The van der Waals surface area contributed by atoms with Gasteiger partial charge < -0.3 is 25.2 Å². The van der Waals surface area contributed by atoms with E-state index in [0.29, 0.717) is 0 Å². The summed E-state index contributed by atoms with van der Waals surface area (Å²) >= 11 is 0. The van der Waals surface area contributed by atoms with E-state index < -0.39 is 0 Å². The second-order valence-electron chi connectivity index (χ2n) is 8.49. The molecule has 176 valence electrons. The number of likely N-dealkylation sites (N-methyl/N-ethyl adjacent to an activating group) is 1. The number of nitrogens with one attached hydrogen (secondary N) is 2. The van der Waals surface area contributed by atoms with Gasteiger partial charge in [0.25, 0.3) is 0 Å². The number of likely N-dealkylation sites (tertiary alicyclic amines) is 1. The van der Waals surface area contributed by atoms with Crippen molar-refractivity contribution in [1.29, 1.82) is 0 Å². The zero-order chi connectivity index (χ0) is 20.9. The number of piperidine rings is 1. The SMILES string of the molecule is CC1CCN(CCCNC(=NCC(=O)N(C)C)NCCCN2CCOCC2)CC1.I. The lowest BCUT2D eigenvalue weighted by Gasteiger charge is -2.30. The average Bonchev–Trinajstić information content (AvgIpc) is 2.73. The van der Waals surface area contributed by atoms with Gasteiger partial charge in [-0.3, -0.25) is 9.69 Å². The van der Waals surface area contributed by atoms with E-state index in [0.717, 1.165) is 77.2 Å². The molecule has 0 saturated carbocycles. The van der Waals surface area contributed by atoms with Gasteiger partial charge in [0.2, 0.25) is 5.91 Å². The Morgan fingerprint density at radius 1 is 1.00 bits per heavy atom. The van der Waals surface area contributed by atoms with Crippen LogP contribution in [-0.2, 0) is 9.53 Å². The van der Waals surface area contributed by atoms with Crippen LogP contribution in [0.1, 0.15) is 32.6 Å². The number of carbonyl (C=O) groups is 1. The molecule has 8 nitrogen and oxygen atoms in total. The van der Waals surface area contributed by atoms with E-state index in [-0.39, 0.29) is 36.4 Å². The summed E-state index contributed by atoms with van der Waals surface area (Å²) < 4.78 is 5.40. The minimum Gasteiger partial charge on any atom is -0.379 e. The number of ether oxygens (including phenoxy) is 1. The second-order valence-corrected chi connectivity index (χ2v) is 8.49. The number of hydrogen-bond donors (Lipinski definition) is 2. The van der Waals surface area contributed by atoms with Crippen molar-refractivity contribution in [2.45, 2.75) is 32.6 Å². The van der Waals surface area contributed by atoms with E-state index in [4.69, 9.17) is 4.74 Å². The lowest BCUT2D eigenvalue weighted by atomic mass is 9.99. The number of nitrogens with zero attached hydrogens (tertiary/aromatic N) is 4. The van der Waals surface area contributed by atoms with Gasteiger partial charge >= 0.3 is 0 Å². The Labute approximate surface area is 200 Å². The maximum atomic E-state index is 11.9. The van der Waals surface area contributed by atoms with E-state index in [1.807, 2.05) is 0 Å². The Kier molecular flexibility index (Phi) is 14.6. The second kappa shape index (κ2) is 16.0.